The number of carbonyl (C=O) groups excluding carboxylic acids is 4. The van der Waals surface area contributed by atoms with Crippen molar-refractivity contribution in [2.75, 3.05) is 9.80 Å². The molecule has 1 N–H and O–H groups in total. The molecule has 0 aromatic heterocycles. The van der Waals surface area contributed by atoms with Crippen LogP contribution in [0.1, 0.15) is 51.3 Å². The predicted molar refractivity (Wildman–Crippen MR) is 152 cm³/mol. The van der Waals surface area contributed by atoms with Crippen molar-refractivity contribution in [3.05, 3.63) is 95.6 Å². The molecule has 0 bridgehead atoms. The first-order valence-corrected chi connectivity index (χ1v) is 13.6. The molecule has 3 aromatic carbocycles. The van der Waals surface area contributed by atoms with E-state index in [1.54, 1.807) is 68.4 Å². The van der Waals surface area contributed by atoms with Gasteiger partial charge in [-0.2, -0.15) is 0 Å². The van der Waals surface area contributed by atoms with Gasteiger partial charge in [0.05, 0.1) is 17.4 Å². The van der Waals surface area contributed by atoms with Crippen LogP contribution in [0.4, 0.5) is 20.2 Å². The zero-order valence-electron chi connectivity index (χ0n) is 23.4. The van der Waals surface area contributed by atoms with Gasteiger partial charge >= 0.3 is 0 Å². The van der Waals surface area contributed by atoms with Gasteiger partial charge in [0.2, 0.25) is 11.8 Å². The highest BCUT2D eigenvalue weighted by atomic mass is 19.1. The molecule has 1 unspecified atom stereocenters. The lowest BCUT2D eigenvalue weighted by Gasteiger charge is -2.34. The van der Waals surface area contributed by atoms with E-state index in [1.807, 2.05) is 6.92 Å². The minimum atomic E-state index is -1.31. The monoisotopic (exact) mass is 561 g/mol. The number of hydrogen-bond acceptors (Lipinski definition) is 4. The van der Waals surface area contributed by atoms with E-state index in [-0.39, 0.29) is 17.5 Å². The van der Waals surface area contributed by atoms with Gasteiger partial charge in [-0.15, -0.1) is 0 Å². The van der Waals surface area contributed by atoms with Crippen molar-refractivity contribution < 1.29 is 28.0 Å². The Morgan fingerprint density at radius 2 is 1.49 bits per heavy atom. The summed E-state index contributed by atoms with van der Waals surface area (Å²) in [4.78, 5) is 57.3. The maximum absolute atomic E-state index is 14.6. The molecule has 0 radical (unpaired) electrons. The standard InChI is InChI=1S/C32H33F2N3O4/c1-5-19(2)31(40)35-29-20(3)36(21(4)38)26-16-9-10-17-27(26)37(32(29)41)30(22-12-7-6-8-13-22)28(39)18-23-24(33)14-11-15-25(23)34/h6-17,19-20,29-30H,5,18H2,1-4H3,(H,35,40)/t19-,20+,29+,30?/m1/s1. The van der Waals surface area contributed by atoms with E-state index < -0.39 is 59.4 Å². The van der Waals surface area contributed by atoms with E-state index >= 15 is 0 Å². The molecule has 7 nitrogen and oxygen atoms in total. The van der Waals surface area contributed by atoms with E-state index in [1.165, 1.54) is 22.8 Å². The molecule has 41 heavy (non-hydrogen) atoms. The number of Topliss-reactive ketones (excluding diaryl/α,β-unsaturated/α-hetero) is 1. The van der Waals surface area contributed by atoms with Crippen molar-refractivity contribution >= 4 is 34.9 Å². The lowest BCUT2D eigenvalue weighted by atomic mass is 9.94. The number of benzene rings is 3. The van der Waals surface area contributed by atoms with Gasteiger partial charge in [0.15, 0.2) is 5.78 Å². The molecule has 9 heteroatoms. The molecule has 1 aliphatic rings. The second-order valence-corrected chi connectivity index (χ2v) is 10.3. The van der Waals surface area contributed by atoms with Gasteiger partial charge in [-0.05, 0) is 43.2 Å². The fraction of sp³-hybridized carbons (Fsp3) is 0.312. The summed E-state index contributed by atoms with van der Waals surface area (Å²) in [7, 11) is 0. The quantitative estimate of drug-likeness (QED) is 0.413. The number of amides is 3. The molecule has 4 atom stereocenters. The van der Waals surface area contributed by atoms with Crippen LogP contribution >= 0.6 is 0 Å². The largest absolute Gasteiger partial charge is 0.342 e. The summed E-state index contributed by atoms with van der Waals surface area (Å²) in [6.45, 7) is 6.60. The second-order valence-electron chi connectivity index (χ2n) is 10.3. The highest BCUT2D eigenvalue weighted by molar-refractivity contribution is 6.12. The third kappa shape index (κ3) is 5.89. The lowest BCUT2D eigenvalue weighted by Crippen LogP contribution is -2.59. The smallest absolute Gasteiger partial charge is 0.252 e. The third-order valence-electron chi connectivity index (χ3n) is 7.58. The van der Waals surface area contributed by atoms with E-state index in [0.29, 0.717) is 17.7 Å². The van der Waals surface area contributed by atoms with Gasteiger partial charge in [-0.1, -0.05) is 62.4 Å². The summed E-state index contributed by atoms with van der Waals surface area (Å²) in [5, 5.41) is 2.82. The van der Waals surface area contributed by atoms with Crippen molar-refractivity contribution in [1.82, 2.24) is 5.32 Å². The van der Waals surface area contributed by atoms with Crippen LogP contribution in [0.3, 0.4) is 0 Å². The van der Waals surface area contributed by atoms with Crippen molar-refractivity contribution in [3.63, 3.8) is 0 Å². The molecule has 0 aliphatic carbocycles. The second kappa shape index (κ2) is 12.4. The van der Waals surface area contributed by atoms with Gasteiger partial charge in [0.1, 0.15) is 23.7 Å². The Hall–Kier alpha value is -4.40. The number of nitrogens with one attached hydrogen (secondary N) is 1. The molecular formula is C32H33F2N3O4. The Labute approximate surface area is 238 Å². The van der Waals surface area contributed by atoms with Gasteiger partial charge in [0.25, 0.3) is 5.91 Å². The molecule has 0 saturated heterocycles. The number of carbonyl (C=O) groups is 4. The molecule has 4 rings (SSSR count). The topological polar surface area (TPSA) is 86.8 Å². The van der Waals surface area contributed by atoms with Crippen LogP contribution < -0.4 is 15.1 Å². The van der Waals surface area contributed by atoms with E-state index in [0.717, 1.165) is 12.1 Å². The van der Waals surface area contributed by atoms with Gasteiger partial charge < -0.3 is 10.2 Å². The highest BCUT2D eigenvalue weighted by Crippen LogP contribution is 2.40. The van der Waals surface area contributed by atoms with Crippen LogP contribution in [0.25, 0.3) is 0 Å². The predicted octanol–water partition coefficient (Wildman–Crippen LogP) is 5.14. The number of nitrogens with zero attached hydrogens (tertiary/aromatic N) is 2. The maximum atomic E-state index is 14.6. The van der Waals surface area contributed by atoms with E-state index in [4.69, 9.17) is 0 Å². The average molecular weight is 562 g/mol. The molecule has 1 aliphatic heterocycles. The van der Waals surface area contributed by atoms with Crippen LogP contribution in [0.2, 0.25) is 0 Å². The minimum Gasteiger partial charge on any atom is -0.342 e. The SMILES string of the molecule is CC[C@@H](C)C(=O)N[C@@H]1C(=O)N(C(C(=O)Cc2c(F)cccc2F)c2ccccc2)c2ccccc2N(C(C)=O)[C@H]1C. The Balaban J connectivity index is 1.93. The first kappa shape index (κ1) is 29.6. The number of anilines is 2. The number of ketones is 1. The van der Waals surface area contributed by atoms with E-state index in [2.05, 4.69) is 5.32 Å². The molecule has 0 saturated carbocycles. The first-order valence-electron chi connectivity index (χ1n) is 13.6. The Kier molecular flexibility index (Phi) is 8.95. The zero-order chi connectivity index (χ0) is 29.8. The number of fused-ring (bicyclic) bond motifs is 1. The molecule has 3 amide bonds. The number of halogens is 2. The molecule has 1 heterocycles. The fourth-order valence-corrected chi connectivity index (χ4v) is 5.19. The number of para-hydroxylation sites is 2. The summed E-state index contributed by atoms with van der Waals surface area (Å²) >= 11 is 0. The molecule has 0 fully saturated rings. The molecule has 0 spiro atoms. The van der Waals surface area contributed by atoms with Crippen LogP contribution in [0.5, 0.6) is 0 Å². The minimum absolute atomic E-state index is 0.260. The van der Waals surface area contributed by atoms with Crippen molar-refractivity contribution in [2.24, 2.45) is 5.92 Å². The summed E-state index contributed by atoms with van der Waals surface area (Å²) in [5.74, 6) is -4.15. The maximum Gasteiger partial charge on any atom is 0.252 e. The van der Waals surface area contributed by atoms with Crippen LogP contribution in [0, 0.1) is 17.6 Å². The normalized spacial score (nSPS) is 18.2. The van der Waals surface area contributed by atoms with Gasteiger partial charge in [-0.25, -0.2) is 8.78 Å². The highest BCUT2D eigenvalue weighted by Gasteiger charge is 2.45. The summed E-state index contributed by atoms with van der Waals surface area (Å²) in [6, 6.07) is 15.1. The summed E-state index contributed by atoms with van der Waals surface area (Å²) in [6.07, 6.45) is -0.0965. The average Bonchev–Trinajstić information content (AvgIpc) is 3.04. The van der Waals surface area contributed by atoms with Crippen LogP contribution in [-0.2, 0) is 25.6 Å². The lowest BCUT2D eigenvalue weighted by molar-refractivity contribution is -0.131. The summed E-state index contributed by atoms with van der Waals surface area (Å²) < 4.78 is 29.3. The molecular weight excluding hydrogens is 528 g/mol. The van der Waals surface area contributed by atoms with Gasteiger partial charge in [0, 0.05) is 24.8 Å². The number of rotatable bonds is 8. The van der Waals surface area contributed by atoms with Crippen molar-refractivity contribution in [3.8, 4) is 0 Å². The van der Waals surface area contributed by atoms with Crippen molar-refractivity contribution in [2.45, 2.75) is 58.7 Å². The van der Waals surface area contributed by atoms with Crippen LogP contribution in [-0.4, -0.2) is 35.6 Å². The number of hydrogen-bond donors (Lipinski definition) is 1. The van der Waals surface area contributed by atoms with Crippen LogP contribution in [0.15, 0.2) is 72.8 Å². The Morgan fingerprint density at radius 1 is 0.902 bits per heavy atom. The Morgan fingerprint density at radius 3 is 2.07 bits per heavy atom. The third-order valence-corrected chi connectivity index (χ3v) is 7.58. The fourth-order valence-electron chi connectivity index (χ4n) is 5.19. The zero-order valence-corrected chi connectivity index (χ0v) is 23.4. The summed E-state index contributed by atoms with van der Waals surface area (Å²) in [5.41, 5.74) is 0.630. The van der Waals surface area contributed by atoms with Crippen molar-refractivity contribution in [1.29, 1.82) is 0 Å². The molecule has 214 valence electrons. The first-order chi connectivity index (χ1) is 19.6. The van der Waals surface area contributed by atoms with Gasteiger partial charge in [-0.3, -0.25) is 24.1 Å². The molecule has 3 aromatic rings. The Bertz CT molecular complexity index is 1440. The van der Waals surface area contributed by atoms with E-state index in [9.17, 15) is 28.0 Å².